The van der Waals surface area contributed by atoms with Gasteiger partial charge in [-0.3, -0.25) is 0 Å². The monoisotopic (exact) mass is 271 g/mol. The molecule has 0 fully saturated rings. The highest BCUT2D eigenvalue weighted by molar-refractivity contribution is 5.28. The van der Waals surface area contributed by atoms with Crippen molar-refractivity contribution in [3.8, 4) is 5.75 Å². The van der Waals surface area contributed by atoms with Crippen molar-refractivity contribution in [3.05, 3.63) is 65.7 Å². The van der Waals surface area contributed by atoms with E-state index in [1.807, 2.05) is 42.5 Å². The topological polar surface area (TPSA) is 52.5 Å². The molecule has 2 atom stereocenters. The first kappa shape index (κ1) is 14.6. The fraction of sp³-hybridized carbons (Fsp3) is 0.294. The van der Waals surface area contributed by atoms with Crippen LogP contribution < -0.4 is 5.32 Å². The van der Waals surface area contributed by atoms with Gasteiger partial charge in [-0.2, -0.15) is 0 Å². The molecule has 2 aromatic rings. The summed E-state index contributed by atoms with van der Waals surface area (Å²) in [5, 5.41) is 22.4. The number of aromatic hydroxyl groups is 1. The zero-order valence-corrected chi connectivity index (χ0v) is 11.7. The van der Waals surface area contributed by atoms with Gasteiger partial charge in [-0.25, -0.2) is 0 Å². The van der Waals surface area contributed by atoms with E-state index < -0.39 is 0 Å². The molecule has 0 aliphatic carbocycles. The number of benzene rings is 2. The molecule has 0 aliphatic heterocycles. The maximum Gasteiger partial charge on any atom is 0.115 e. The summed E-state index contributed by atoms with van der Waals surface area (Å²) in [7, 11) is 0. The van der Waals surface area contributed by atoms with Crippen LogP contribution in [0.2, 0.25) is 0 Å². The van der Waals surface area contributed by atoms with Crippen LogP contribution in [-0.2, 0) is 0 Å². The number of rotatable bonds is 6. The number of phenolic OH excluding ortho intramolecular Hbond substituents is 1. The van der Waals surface area contributed by atoms with Crippen LogP contribution >= 0.6 is 0 Å². The number of nitrogens with one attached hydrogen (secondary N) is 1. The number of aliphatic hydroxyl groups is 1. The minimum atomic E-state index is -0.0880. The first-order chi connectivity index (χ1) is 9.74. The van der Waals surface area contributed by atoms with Gasteiger partial charge < -0.3 is 15.5 Å². The molecular weight excluding hydrogens is 250 g/mol. The van der Waals surface area contributed by atoms with E-state index in [1.165, 1.54) is 0 Å². The predicted molar refractivity (Wildman–Crippen MR) is 80.5 cm³/mol. The van der Waals surface area contributed by atoms with Gasteiger partial charge in [-0.15, -0.1) is 0 Å². The van der Waals surface area contributed by atoms with Crippen LogP contribution in [-0.4, -0.2) is 16.8 Å². The van der Waals surface area contributed by atoms with Crippen LogP contribution in [0, 0.1) is 0 Å². The SMILES string of the molecule is CCC(N[C@@H](CO)c1ccccc1)c1ccc(O)cc1. The Kier molecular flexibility index (Phi) is 5.16. The van der Waals surface area contributed by atoms with Gasteiger partial charge in [0.25, 0.3) is 0 Å². The number of hydrogen-bond donors (Lipinski definition) is 3. The number of aliphatic hydroxyl groups excluding tert-OH is 1. The number of hydrogen-bond acceptors (Lipinski definition) is 3. The van der Waals surface area contributed by atoms with Crippen molar-refractivity contribution in [1.29, 1.82) is 0 Å². The Morgan fingerprint density at radius 2 is 1.50 bits per heavy atom. The Balaban J connectivity index is 2.14. The second kappa shape index (κ2) is 7.08. The van der Waals surface area contributed by atoms with Crippen molar-refractivity contribution in [2.45, 2.75) is 25.4 Å². The summed E-state index contributed by atoms with van der Waals surface area (Å²) in [5.74, 6) is 0.269. The molecular formula is C17H21NO2. The van der Waals surface area contributed by atoms with Crippen molar-refractivity contribution in [1.82, 2.24) is 5.32 Å². The second-order valence-electron chi connectivity index (χ2n) is 4.86. The average Bonchev–Trinajstić information content (AvgIpc) is 2.51. The summed E-state index contributed by atoms with van der Waals surface area (Å²) in [6, 6.07) is 17.2. The lowest BCUT2D eigenvalue weighted by Crippen LogP contribution is -2.28. The molecule has 0 heterocycles. The summed E-state index contributed by atoms with van der Waals surface area (Å²) in [6.45, 7) is 2.16. The van der Waals surface area contributed by atoms with Gasteiger partial charge >= 0.3 is 0 Å². The van der Waals surface area contributed by atoms with Gasteiger partial charge in [0.05, 0.1) is 12.6 Å². The van der Waals surface area contributed by atoms with Crippen molar-refractivity contribution < 1.29 is 10.2 Å². The largest absolute Gasteiger partial charge is 0.508 e. The van der Waals surface area contributed by atoms with E-state index >= 15 is 0 Å². The minimum Gasteiger partial charge on any atom is -0.508 e. The highest BCUT2D eigenvalue weighted by atomic mass is 16.3. The van der Waals surface area contributed by atoms with Gasteiger partial charge in [0.1, 0.15) is 5.75 Å². The molecule has 106 valence electrons. The Hall–Kier alpha value is -1.84. The lowest BCUT2D eigenvalue weighted by Gasteiger charge is -2.24. The molecule has 3 heteroatoms. The molecule has 2 aromatic carbocycles. The average molecular weight is 271 g/mol. The summed E-state index contributed by atoms with van der Waals surface area (Å²) >= 11 is 0. The van der Waals surface area contributed by atoms with Gasteiger partial charge in [0, 0.05) is 6.04 Å². The van der Waals surface area contributed by atoms with E-state index in [2.05, 4.69) is 12.2 Å². The van der Waals surface area contributed by atoms with E-state index in [0.717, 1.165) is 17.5 Å². The van der Waals surface area contributed by atoms with Gasteiger partial charge in [-0.1, -0.05) is 49.4 Å². The summed E-state index contributed by atoms with van der Waals surface area (Å²) < 4.78 is 0. The molecule has 0 saturated carbocycles. The van der Waals surface area contributed by atoms with Crippen molar-refractivity contribution in [2.24, 2.45) is 0 Å². The van der Waals surface area contributed by atoms with Crippen LogP contribution in [0.15, 0.2) is 54.6 Å². The van der Waals surface area contributed by atoms with Crippen LogP contribution in [0.1, 0.15) is 36.6 Å². The molecule has 20 heavy (non-hydrogen) atoms. The molecule has 3 nitrogen and oxygen atoms in total. The third-order valence-corrected chi connectivity index (χ3v) is 3.49. The normalized spacial score (nSPS) is 13.9. The highest BCUT2D eigenvalue weighted by Gasteiger charge is 2.16. The molecule has 0 radical (unpaired) electrons. The molecule has 1 unspecified atom stereocenters. The van der Waals surface area contributed by atoms with Gasteiger partial charge in [-0.05, 0) is 29.7 Å². The first-order valence-electron chi connectivity index (χ1n) is 6.95. The number of phenols is 1. The Bertz CT molecular complexity index is 510. The van der Waals surface area contributed by atoms with Crippen LogP contribution in [0.3, 0.4) is 0 Å². The smallest absolute Gasteiger partial charge is 0.115 e. The predicted octanol–water partition coefficient (Wildman–Crippen LogP) is 3.17. The minimum absolute atomic E-state index is 0.0542. The Labute approximate surface area is 119 Å². The van der Waals surface area contributed by atoms with E-state index in [-0.39, 0.29) is 24.4 Å². The van der Waals surface area contributed by atoms with Crippen LogP contribution in [0.25, 0.3) is 0 Å². The lowest BCUT2D eigenvalue weighted by atomic mass is 10.0. The van der Waals surface area contributed by atoms with E-state index in [9.17, 15) is 10.2 Å². The van der Waals surface area contributed by atoms with Gasteiger partial charge in [0.2, 0.25) is 0 Å². The molecule has 0 spiro atoms. The Morgan fingerprint density at radius 3 is 2.05 bits per heavy atom. The lowest BCUT2D eigenvalue weighted by molar-refractivity contribution is 0.232. The molecule has 0 saturated heterocycles. The first-order valence-corrected chi connectivity index (χ1v) is 6.95. The quantitative estimate of drug-likeness (QED) is 0.756. The highest BCUT2D eigenvalue weighted by Crippen LogP contribution is 2.23. The van der Waals surface area contributed by atoms with Crippen LogP contribution in [0.5, 0.6) is 5.75 Å². The van der Waals surface area contributed by atoms with Crippen LogP contribution in [0.4, 0.5) is 0 Å². The van der Waals surface area contributed by atoms with Crippen molar-refractivity contribution in [3.63, 3.8) is 0 Å². The van der Waals surface area contributed by atoms with E-state index in [0.29, 0.717) is 0 Å². The third-order valence-electron chi connectivity index (χ3n) is 3.49. The van der Waals surface area contributed by atoms with Crippen molar-refractivity contribution in [2.75, 3.05) is 6.61 Å². The Morgan fingerprint density at radius 1 is 0.900 bits per heavy atom. The van der Waals surface area contributed by atoms with Gasteiger partial charge in [0.15, 0.2) is 0 Å². The standard InChI is InChI=1S/C17H21NO2/c1-2-16(14-8-10-15(20)11-9-14)18-17(12-19)13-6-4-3-5-7-13/h3-11,16-20H,2,12H2,1H3/t16?,17-/m0/s1. The summed E-state index contributed by atoms with van der Waals surface area (Å²) in [6.07, 6.45) is 0.911. The molecule has 0 aromatic heterocycles. The molecule has 2 rings (SSSR count). The second-order valence-corrected chi connectivity index (χ2v) is 4.86. The fourth-order valence-electron chi connectivity index (χ4n) is 2.34. The fourth-order valence-corrected chi connectivity index (χ4v) is 2.34. The van der Waals surface area contributed by atoms with Crippen molar-refractivity contribution >= 4 is 0 Å². The summed E-state index contributed by atoms with van der Waals surface area (Å²) in [5.41, 5.74) is 2.19. The van der Waals surface area contributed by atoms with E-state index in [1.54, 1.807) is 12.1 Å². The maximum atomic E-state index is 9.61. The molecule has 3 N–H and O–H groups in total. The zero-order valence-electron chi connectivity index (χ0n) is 11.7. The maximum absolute atomic E-state index is 9.61. The summed E-state index contributed by atoms with van der Waals surface area (Å²) in [4.78, 5) is 0. The molecule has 0 bridgehead atoms. The van der Waals surface area contributed by atoms with E-state index in [4.69, 9.17) is 0 Å². The third kappa shape index (κ3) is 3.59. The molecule has 0 aliphatic rings. The zero-order chi connectivity index (χ0) is 14.4. The molecule has 0 amide bonds.